The van der Waals surface area contributed by atoms with Crippen LogP contribution in [-0.4, -0.2) is 15.2 Å². The average Bonchev–Trinajstić information content (AvgIpc) is 3.24. The number of nitriles is 1. The van der Waals surface area contributed by atoms with Crippen molar-refractivity contribution >= 4 is 17.4 Å². The number of benzene rings is 1. The van der Waals surface area contributed by atoms with Crippen LogP contribution in [0.1, 0.15) is 27.4 Å². The van der Waals surface area contributed by atoms with E-state index >= 15 is 0 Å². The minimum Gasteiger partial charge on any atom is -0.281 e. The molecule has 1 aliphatic rings. The van der Waals surface area contributed by atoms with Gasteiger partial charge in [0.2, 0.25) is 0 Å². The van der Waals surface area contributed by atoms with Gasteiger partial charge in [-0.1, -0.05) is 42.5 Å². The molecule has 0 radical (unpaired) electrons. The highest BCUT2D eigenvalue weighted by Crippen LogP contribution is 2.42. The van der Waals surface area contributed by atoms with Gasteiger partial charge in [0, 0.05) is 28.8 Å². The first-order chi connectivity index (χ1) is 10.8. The Morgan fingerprint density at radius 2 is 2.14 bits per heavy atom. The third-order valence-electron chi connectivity index (χ3n) is 4.14. The molecule has 4 nitrogen and oxygen atoms in total. The summed E-state index contributed by atoms with van der Waals surface area (Å²) >= 11 is 1.65. The maximum atomic E-state index is 9.14. The van der Waals surface area contributed by atoms with Crippen LogP contribution >= 0.6 is 11.3 Å². The molecule has 0 fully saturated rings. The van der Waals surface area contributed by atoms with Crippen LogP contribution in [0.5, 0.6) is 0 Å². The van der Waals surface area contributed by atoms with Crippen LogP contribution in [0.4, 0.5) is 0 Å². The van der Waals surface area contributed by atoms with E-state index in [1.54, 1.807) is 11.3 Å². The molecule has 4 rings (SSSR count). The fourth-order valence-corrected chi connectivity index (χ4v) is 3.86. The molecular weight excluding hydrogens is 292 g/mol. The summed E-state index contributed by atoms with van der Waals surface area (Å²) in [5.41, 5.74) is 5.17. The highest BCUT2D eigenvalue weighted by molar-refractivity contribution is 7.09. The van der Waals surface area contributed by atoms with E-state index in [1.807, 2.05) is 23.8 Å². The Labute approximate surface area is 131 Å². The van der Waals surface area contributed by atoms with Crippen molar-refractivity contribution in [1.29, 1.82) is 5.26 Å². The van der Waals surface area contributed by atoms with Gasteiger partial charge in [-0.05, 0) is 5.56 Å². The number of H-pyrrole nitrogens is 1. The Hall–Kier alpha value is -2.71. The van der Waals surface area contributed by atoms with Crippen molar-refractivity contribution in [3.05, 3.63) is 75.5 Å². The number of aromatic amines is 1. The van der Waals surface area contributed by atoms with Crippen molar-refractivity contribution in [3.8, 4) is 6.07 Å². The van der Waals surface area contributed by atoms with Gasteiger partial charge in [-0.2, -0.15) is 10.4 Å². The lowest BCUT2D eigenvalue weighted by Crippen LogP contribution is -2.29. The van der Waals surface area contributed by atoms with E-state index in [0.29, 0.717) is 5.69 Å². The lowest BCUT2D eigenvalue weighted by molar-refractivity contribution is 0.631. The van der Waals surface area contributed by atoms with Crippen molar-refractivity contribution in [2.75, 3.05) is 0 Å². The maximum absolute atomic E-state index is 9.14. The summed E-state index contributed by atoms with van der Waals surface area (Å²) in [7, 11) is 0. The fourth-order valence-electron chi connectivity index (χ4n) is 3.03. The molecule has 1 aliphatic carbocycles. The Bertz CT molecular complexity index is 871. The molecule has 1 atom stereocenters. The first-order valence-corrected chi connectivity index (χ1v) is 7.82. The number of aromatic nitrogens is 3. The largest absolute Gasteiger partial charge is 0.281 e. The van der Waals surface area contributed by atoms with E-state index in [4.69, 9.17) is 5.26 Å². The second-order valence-corrected chi connectivity index (χ2v) is 6.18. The molecule has 0 saturated heterocycles. The standard InChI is InChI=1S/C17H12N4S/c18-9-15-13-6-7-17(8-14(13)20-21-15,16-10-19-11-22-16)12-4-2-1-3-5-12/h1-7,10-11H,8H2,(H,20,21). The molecule has 0 aliphatic heterocycles. The van der Waals surface area contributed by atoms with Gasteiger partial charge >= 0.3 is 0 Å². The van der Waals surface area contributed by atoms with Crippen LogP contribution in [0.2, 0.25) is 0 Å². The molecule has 3 aromatic rings. The van der Waals surface area contributed by atoms with Crippen molar-refractivity contribution < 1.29 is 0 Å². The molecular formula is C17H12N4S. The van der Waals surface area contributed by atoms with E-state index in [2.05, 4.69) is 51.6 Å². The highest BCUT2D eigenvalue weighted by Gasteiger charge is 2.37. The lowest BCUT2D eigenvalue weighted by atomic mass is 9.72. The number of fused-ring (bicyclic) bond motifs is 1. The minimum atomic E-state index is -0.255. The summed E-state index contributed by atoms with van der Waals surface area (Å²) in [5, 5.41) is 16.3. The van der Waals surface area contributed by atoms with Crippen LogP contribution in [0.15, 0.2) is 48.1 Å². The molecule has 2 heterocycles. The first-order valence-electron chi connectivity index (χ1n) is 6.94. The zero-order valence-electron chi connectivity index (χ0n) is 11.7. The normalized spacial score (nSPS) is 19.6. The number of thiazole rings is 1. The molecule has 106 valence electrons. The minimum absolute atomic E-state index is 0.255. The van der Waals surface area contributed by atoms with Crippen molar-refractivity contribution in [3.63, 3.8) is 0 Å². The van der Waals surface area contributed by atoms with Gasteiger partial charge in [0.1, 0.15) is 6.07 Å². The molecule has 1 aromatic carbocycles. The van der Waals surface area contributed by atoms with Crippen LogP contribution in [0.25, 0.3) is 6.08 Å². The number of hydrogen-bond donors (Lipinski definition) is 1. The van der Waals surface area contributed by atoms with E-state index in [-0.39, 0.29) is 5.41 Å². The summed E-state index contributed by atoms with van der Waals surface area (Å²) < 4.78 is 0. The van der Waals surface area contributed by atoms with Gasteiger partial charge in [-0.15, -0.1) is 11.3 Å². The Morgan fingerprint density at radius 3 is 2.86 bits per heavy atom. The van der Waals surface area contributed by atoms with Gasteiger partial charge in [0.05, 0.1) is 10.9 Å². The molecule has 1 unspecified atom stereocenters. The zero-order valence-corrected chi connectivity index (χ0v) is 12.5. The average molecular weight is 304 g/mol. The van der Waals surface area contributed by atoms with Gasteiger partial charge < -0.3 is 0 Å². The summed E-state index contributed by atoms with van der Waals surface area (Å²) in [5.74, 6) is 0. The second kappa shape index (κ2) is 4.93. The Kier molecular flexibility index (Phi) is 2.91. The molecule has 2 aromatic heterocycles. The Balaban J connectivity index is 1.91. The van der Waals surface area contributed by atoms with Crippen LogP contribution in [-0.2, 0) is 11.8 Å². The fraction of sp³-hybridized carbons (Fsp3) is 0.118. The molecule has 1 N–H and O–H groups in total. The number of allylic oxidation sites excluding steroid dienone is 1. The molecule has 22 heavy (non-hydrogen) atoms. The zero-order chi connectivity index (χ0) is 15.0. The van der Waals surface area contributed by atoms with Crippen LogP contribution in [0, 0.1) is 11.3 Å². The van der Waals surface area contributed by atoms with E-state index in [9.17, 15) is 0 Å². The van der Waals surface area contributed by atoms with Gasteiger partial charge in [-0.3, -0.25) is 10.1 Å². The second-order valence-electron chi connectivity index (χ2n) is 5.29. The van der Waals surface area contributed by atoms with Crippen LogP contribution < -0.4 is 0 Å². The van der Waals surface area contributed by atoms with E-state index in [0.717, 1.165) is 17.7 Å². The monoisotopic (exact) mass is 304 g/mol. The van der Waals surface area contributed by atoms with Crippen molar-refractivity contribution in [2.24, 2.45) is 0 Å². The maximum Gasteiger partial charge on any atom is 0.169 e. The topological polar surface area (TPSA) is 65.4 Å². The molecule has 0 saturated carbocycles. The predicted molar refractivity (Wildman–Crippen MR) is 85.4 cm³/mol. The SMILES string of the molecule is N#Cc1n[nH]c2c1C=CC(c1ccccc1)(c1cncs1)C2. The molecule has 0 amide bonds. The summed E-state index contributed by atoms with van der Waals surface area (Å²) in [6.07, 6.45) is 6.86. The Morgan fingerprint density at radius 1 is 1.27 bits per heavy atom. The molecule has 5 heteroatoms. The van der Waals surface area contributed by atoms with Crippen LogP contribution in [0.3, 0.4) is 0 Å². The van der Waals surface area contributed by atoms with Gasteiger partial charge in [0.25, 0.3) is 0 Å². The van der Waals surface area contributed by atoms with E-state index in [1.165, 1.54) is 10.4 Å². The third kappa shape index (κ3) is 1.81. The summed E-state index contributed by atoms with van der Waals surface area (Å²) in [4.78, 5) is 5.44. The first kappa shape index (κ1) is 13.0. The van der Waals surface area contributed by atoms with E-state index < -0.39 is 0 Å². The van der Waals surface area contributed by atoms with Crippen molar-refractivity contribution in [1.82, 2.24) is 15.2 Å². The quantitative estimate of drug-likeness (QED) is 0.790. The van der Waals surface area contributed by atoms with Gasteiger partial charge in [-0.25, -0.2) is 0 Å². The lowest BCUT2D eigenvalue weighted by Gasteiger charge is -2.32. The van der Waals surface area contributed by atoms with Gasteiger partial charge in [0.15, 0.2) is 5.69 Å². The third-order valence-corrected chi connectivity index (χ3v) is 5.09. The number of nitrogens with zero attached hydrogens (tertiary/aromatic N) is 3. The summed E-state index contributed by atoms with van der Waals surface area (Å²) in [6, 6.07) is 12.5. The highest BCUT2D eigenvalue weighted by atomic mass is 32.1. The number of hydrogen-bond acceptors (Lipinski definition) is 4. The number of nitrogens with one attached hydrogen (secondary N) is 1. The molecule has 0 bridgehead atoms. The molecule has 0 spiro atoms. The number of rotatable bonds is 2. The van der Waals surface area contributed by atoms with Crippen molar-refractivity contribution in [2.45, 2.75) is 11.8 Å². The summed E-state index contributed by atoms with van der Waals surface area (Å²) in [6.45, 7) is 0. The predicted octanol–water partition coefficient (Wildman–Crippen LogP) is 3.29. The smallest absolute Gasteiger partial charge is 0.169 e.